The van der Waals surface area contributed by atoms with Crippen LogP contribution in [0.1, 0.15) is 24.8 Å². The summed E-state index contributed by atoms with van der Waals surface area (Å²) in [6.07, 6.45) is 2.67. The van der Waals surface area contributed by atoms with E-state index in [-0.39, 0.29) is 11.8 Å². The molecule has 1 aromatic carbocycles. The Bertz CT molecular complexity index is 668. The molecule has 6 heteroatoms. The summed E-state index contributed by atoms with van der Waals surface area (Å²) in [4.78, 5) is 14.3. The first-order chi connectivity index (χ1) is 10.5. The molecule has 2 aliphatic rings. The second-order valence-electron chi connectivity index (χ2n) is 6.17. The van der Waals surface area contributed by atoms with E-state index in [1.807, 2.05) is 17.9 Å². The fraction of sp³-hybridized carbons (Fsp3) is 0.562. The molecule has 5 nitrogen and oxygen atoms in total. The van der Waals surface area contributed by atoms with E-state index < -0.39 is 10.0 Å². The predicted octanol–water partition coefficient (Wildman–Crippen LogP) is 1.63. The minimum Gasteiger partial charge on any atom is -0.341 e. The van der Waals surface area contributed by atoms with Crippen LogP contribution < -0.4 is 0 Å². The van der Waals surface area contributed by atoms with E-state index in [1.54, 1.807) is 18.2 Å². The Morgan fingerprint density at radius 2 is 1.91 bits per heavy atom. The molecule has 3 rings (SSSR count). The highest BCUT2D eigenvalue weighted by molar-refractivity contribution is 7.89. The zero-order valence-corrected chi connectivity index (χ0v) is 13.7. The number of benzene rings is 1. The number of hydrogen-bond donors (Lipinski definition) is 0. The normalized spacial score (nSPS) is 20.7. The number of carbonyl (C=O) groups is 1. The van der Waals surface area contributed by atoms with Gasteiger partial charge in [0.05, 0.1) is 4.90 Å². The van der Waals surface area contributed by atoms with E-state index in [0.29, 0.717) is 37.5 Å². The smallest absolute Gasteiger partial charge is 0.243 e. The van der Waals surface area contributed by atoms with Gasteiger partial charge in [0.1, 0.15) is 0 Å². The molecule has 1 saturated carbocycles. The fourth-order valence-electron chi connectivity index (χ4n) is 2.87. The Hall–Kier alpha value is -1.40. The summed E-state index contributed by atoms with van der Waals surface area (Å²) >= 11 is 0. The monoisotopic (exact) mass is 322 g/mol. The van der Waals surface area contributed by atoms with Crippen LogP contribution in [0.5, 0.6) is 0 Å². The molecule has 1 aliphatic carbocycles. The first-order valence-electron chi connectivity index (χ1n) is 7.84. The summed E-state index contributed by atoms with van der Waals surface area (Å²) in [6, 6.07) is 6.99. The third kappa shape index (κ3) is 3.17. The van der Waals surface area contributed by atoms with Gasteiger partial charge in [-0.05, 0) is 43.9 Å². The second kappa shape index (κ2) is 6.01. The van der Waals surface area contributed by atoms with Crippen LogP contribution in [0.15, 0.2) is 29.2 Å². The van der Waals surface area contributed by atoms with Crippen LogP contribution in [0, 0.1) is 12.8 Å². The molecular weight excluding hydrogens is 300 g/mol. The summed E-state index contributed by atoms with van der Waals surface area (Å²) in [5.74, 6) is 0.398. The Labute approximate surface area is 132 Å². The summed E-state index contributed by atoms with van der Waals surface area (Å²) in [5.41, 5.74) is 0.932. The van der Waals surface area contributed by atoms with Gasteiger partial charge in [-0.3, -0.25) is 4.79 Å². The maximum absolute atomic E-state index is 12.7. The topological polar surface area (TPSA) is 57.7 Å². The fourth-order valence-corrected chi connectivity index (χ4v) is 4.44. The number of carbonyl (C=O) groups excluding carboxylic acids is 1. The van der Waals surface area contributed by atoms with Crippen molar-refractivity contribution in [2.24, 2.45) is 5.92 Å². The van der Waals surface area contributed by atoms with Gasteiger partial charge in [-0.15, -0.1) is 0 Å². The molecule has 1 aliphatic heterocycles. The molecule has 0 atom stereocenters. The number of sulfonamides is 1. The van der Waals surface area contributed by atoms with E-state index >= 15 is 0 Å². The van der Waals surface area contributed by atoms with Crippen LogP contribution in [0.25, 0.3) is 0 Å². The minimum absolute atomic E-state index is 0.194. The number of hydrogen-bond acceptors (Lipinski definition) is 3. The largest absolute Gasteiger partial charge is 0.341 e. The van der Waals surface area contributed by atoms with Crippen molar-refractivity contribution in [3.63, 3.8) is 0 Å². The first-order valence-corrected chi connectivity index (χ1v) is 9.28. The van der Waals surface area contributed by atoms with Crippen LogP contribution in [0.3, 0.4) is 0 Å². The zero-order valence-electron chi connectivity index (χ0n) is 12.9. The Balaban J connectivity index is 1.73. The van der Waals surface area contributed by atoms with Crippen LogP contribution in [-0.2, 0) is 14.8 Å². The molecule has 22 heavy (non-hydrogen) atoms. The molecule has 0 aromatic heterocycles. The molecule has 1 amide bonds. The SMILES string of the molecule is Cc1cccc(S(=O)(=O)N2CCCN(C(=O)C3CC3)CC2)c1. The first kappa shape index (κ1) is 15.5. The number of amides is 1. The number of rotatable bonds is 3. The molecule has 1 aromatic rings. The maximum Gasteiger partial charge on any atom is 0.243 e. The molecule has 0 unspecified atom stereocenters. The lowest BCUT2D eigenvalue weighted by Crippen LogP contribution is -2.37. The van der Waals surface area contributed by atoms with Gasteiger partial charge in [0, 0.05) is 32.1 Å². The highest BCUT2D eigenvalue weighted by Crippen LogP contribution is 2.31. The second-order valence-corrected chi connectivity index (χ2v) is 8.11. The van der Waals surface area contributed by atoms with Crippen molar-refractivity contribution in [1.29, 1.82) is 0 Å². The molecule has 0 spiro atoms. The molecular formula is C16H22N2O3S. The molecule has 0 radical (unpaired) electrons. The van der Waals surface area contributed by atoms with E-state index in [0.717, 1.165) is 18.4 Å². The van der Waals surface area contributed by atoms with E-state index in [9.17, 15) is 13.2 Å². The Kier molecular flexibility index (Phi) is 4.23. The summed E-state index contributed by atoms with van der Waals surface area (Å²) < 4.78 is 27.0. The van der Waals surface area contributed by atoms with Crippen LogP contribution in [-0.4, -0.2) is 49.7 Å². The summed E-state index contributed by atoms with van der Waals surface area (Å²) in [6.45, 7) is 3.91. The number of nitrogens with zero attached hydrogens (tertiary/aromatic N) is 2. The number of aryl methyl sites for hydroxylation is 1. The zero-order chi connectivity index (χ0) is 15.7. The lowest BCUT2D eigenvalue weighted by molar-refractivity contribution is -0.132. The van der Waals surface area contributed by atoms with Crippen molar-refractivity contribution < 1.29 is 13.2 Å². The molecule has 120 valence electrons. The van der Waals surface area contributed by atoms with Crippen LogP contribution in [0.4, 0.5) is 0 Å². The molecule has 1 heterocycles. The third-order valence-electron chi connectivity index (χ3n) is 4.32. The summed E-state index contributed by atoms with van der Waals surface area (Å²) in [7, 11) is -3.47. The van der Waals surface area contributed by atoms with Crippen molar-refractivity contribution in [2.45, 2.75) is 31.1 Å². The predicted molar refractivity (Wildman–Crippen MR) is 83.9 cm³/mol. The van der Waals surface area contributed by atoms with Crippen molar-refractivity contribution >= 4 is 15.9 Å². The van der Waals surface area contributed by atoms with Crippen molar-refractivity contribution in [3.8, 4) is 0 Å². The van der Waals surface area contributed by atoms with Gasteiger partial charge in [0.15, 0.2) is 0 Å². The highest BCUT2D eigenvalue weighted by atomic mass is 32.2. The quantitative estimate of drug-likeness (QED) is 0.850. The third-order valence-corrected chi connectivity index (χ3v) is 6.22. The standard InChI is InChI=1S/C16H22N2O3S/c1-13-4-2-5-15(12-13)22(20,21)18-9-3-8-17(10-11-18)16(19)14-6-7-14/h2,4-5,12,14H,3,6-11H2,1H3. The average Bonchev–Trinajstić information content (AvgIpc) is 3.33. The van der Waals surface area contributed by atoms with Gasteiger partial charge in [0.25, 0.3) is 0 Å². The van der Waals surface area contributed by atoms with E-state index in [4.69, 9.17) is 0 Å². The van der Waals surface area contributed by atoms with E-state index in [2.05, 4.69) is 0 Å². The lowest BCUT2D eigenvalue weighted by atomic mass is 10.2. The summed E-state index contributed by atoms with van der Waals surface area (Å²) in [5, 5.41) is 0. The van der Waals surface area contributed by atoms with Crippen molar-refractivity contribution in [1.82, 2.24) is 9.21 Å². The highest BCUT2D eigenvalue weighted by Gasteiger charge is 2.35. The Morgan fingerprint density at radius 3 is 2.59 bits per heavy atom. The van der Waals surface area contributed by atoms with Gasteiger partial charge < -0.3 is 4.90 Å². The van der Waals surface area contributed by atoms with E-state index in [1.165, 1.54) is 4.31 Å². The average molecular weight is 322 g/mol. The van der Waals surface area contributed by atoms with Crippen molar-refractivity contribution in [3.05, 3.63) is 29.8 Å². The molecule has 0 N–H and O–H groups in total. The van der Waals surface area contributed by atoms with Gasteiger partial charge in [-0.1, -0.05) is 12.1 Å². The van der Waals surface area contributed by atoms with Crippen molar-refractivity contribution in [2.75, 3.05) is 26.2 Å². The van der Waals surface area contributed by atoms with Gasteiger partial charge in [-0.25, -0.2) is 8.42 Å². The minimum atomic E-state index is -3.47. The molecule has 0 bridgehead atoms. The Morgan fingerprint density at radius 1 is 1.14 bits per heavy atom. The maximum atomic E-state index is 12.7. The lowest BCUT2D eigenvalue weighted by Gasteiger charge is -2.22. The van der Waals surface area contributed by atoms with Gasteiger partial charge in [0.2, 0.25) is 15.9 Å². The van der Waals surface area contributed by atoms with Crippen LogP contribution >= 0.6 is 0 Å². The molecule has 1 saturated heterocycles. The van der Waals surface area contributed by atoms with Crippen LogP contribution in [0.2, 0.25) is 0 Å². The van der Waals surface area contributed by atoms with Gasteiger partial charge in [-0.2, -0.15) is 4.31 Å². The molecule has 2 fully saturated rings. The van der Waals surface area contributed by atoms with Gasteiger partial charge >= 0.3 is 0 Å².